The van der Waals surface area contributed by atoms with Crippen LogP contribution in [-0.4, -0.2) is 6.04 Å². The zero-order chi connectivity index (χ0) is 11.6. The highest BCUT2D eigenvalue weighted by molar-refractivity contribution is 7.12. The van der Waals surface area contributed by atoms with E-state index in [1.54, 1.807) is 0 Å². The first-order valence-electron chi connectivity index (χ1n) is 5.65. The molecule has 0 aliphatic carbocycles. The smallest absolute Gasteiger partial charge is 0.0110 e. The highest BCUT2D eigenvalue weighted by Gasteiger charge is 2.17. The second-order valence-electron chi connectivity index (χ2n) is 5.63. The number of hydrogen-bond acceptors (Lipinski definition) is 2. The molecule has 0 aliphatic heterocycles. The third-order valence-electron chi connectivity index (χ3n) is 2.69. The van der Waals surface area contributed by atoms with Gasteiger partial charge in [0.15, 0.2) is 0 Å². The number of thiophene rings is 1. The Kier molecular flexibility index (Phi) is 3.96. The first-order chi connectivity index (χ1) is 6.80. The monoisotopic (exact) mass is 225 g/mol. The minimum Gasteiger partial charge on any atom is -0.327 e. The van der Waals surface area contributed by atoms with Gasteiger partial charge in [-0.15, -0.1) is 11.3 Å². The lowest BCUT2D eigenvalue weighted by Gasteiger charge is -2.16. The number of hydrogen-bond donors (Lipinski definition) is 1. The Morgan fingerprint density at radius 1 is 1.27 bits per heavy atom. The molecule has 1 aromatic heterocycles. The van der Waals surface area contributed by atoms with E-state index in [0.717, 1.165) is 6.42 Å². The first-order valence-corrected chi connectivity index (χ1v) is 6.47. The predicted octanol–water partition coefficient (Wildman–Crippen LogP) is 3.57. The van der Waals surface area contributed by atoms with Gasteiger partial charge in [0.25, 0.3) is 0 Å². The van der Waals surface area contributed by atoms with Crippen LogP contribution >= 0.6 is 11.3 Å². The van der Waals surface area contributed by atoms with Crippen LogP contribution in [0.15, 0.2) is 12.1 Å². The van der Waals surface area contributed by atoms with Crippen LogP contribution in [-0.2, 0) is 11.8 Å². The lowest BCUT2D eigenvalue weighted by atomic mass is 9.95. The minimum absolute atomic E-state index is 0.269. The third-order valence-corrected chi connectivity index (χ3v) is 4.23. The lowest BCUT2D eigenvalue weighted by molar-refractivity contribution is 0.493. The van der Waals surface area contributed by atoms with E-state index in [4.69, 9.17) is 5.73 Å². The quantitative estimate of drug-likeness (QED) is 0.836. The fourth-order valence-electron chi connectivity index (χ4n) is 1.36. The zero-order valence-electron chi connectivity index (χ0n) is 10.5. The molecule has 2 N–H and O–H groups in total. The molecule has 1 nitrogen and oxygen atoms in total. The molecule has 15 heavy (non-hydrogen) atoms. The molecule has 1 aromatic rings. The van der Waals surface area contributed by atoms with Crippen molar-refractivity contribution in [2.24, 2.45) is 11.7 Å². The van der Waals surface area contributed by atoms with E-state index < -0.39 is 0 Å². The fraction of sp³-hybridized carbons (Fsp3) is 0.692. The summed E-state index contributed by atoms with van der Waals surface area (Å²) in [5.41, 5.74) is 6.34. The number of nitrogens with two attached hydrogens (primary N) is 1. The van der Waals surface area contributed by atoms with Gasteiger partial charge in [-0.3, -0.25) is 0 Å². The van der Waals surface area contributed by atoms with Crippen molar-refractivity contribution in [1.29, 1.82) is 0 Å². The van der Waals surface area contributed by atoms with Crippen LogP contribution in [0.2, 0.25) is 0 Å². The molecule has 1 heterocycles. The van der Waals surface area contributed by atoms with Crippen LogP contribution < -0.4 is 5.73 Å². The van der Waals surface area contributed by atoms with Crippen LogP contribution in [0.3, 0.4) is 0 Å². The van der Waals surface area contributed by atoms with Gasteiger partial charge in [0.05, 0.1) is 0 Å². The summed E-state index contributed by atoms with van der Waals surface area (Å²) in [5, 5.41) is 0. The summed E-state index contributed by atoms with van der Waals surface area (Å²) in [4.78, 5) is 2.87. The molecule has 0 saturated carbocycles. The SMILES string of the molecule is CC(C)C(N)Cc1ccc(C(C)(C)C)s1. The van der Waals surface area contributed by atoms with E-state index in [1.807, 2.05) is 11.3 Å². The average molecular weight is 225 g/mol. The molecule has 0 saturated heterocycles. The molecule has 1 atom stereocenters. The van der Waals surface area contributed by atoms with Crippen molar-refractivity contribution in [2.45, 2.75) is 52.5 Å². The van der Waals surface area contributed by atoms with Gasteiger partial charge in [-0.1, -0.05) is 34.6 Å². The normalized spacial score (nSPS) is 14.6. The summed E-state index contributed by atoms with van der Waals surface area (Å²) in [5.74, 6) is 0.560. The Balaban J connectivity index is 2.69. The van der Waals surface area contributed by atoms with Crippen LogP contribution in [0.25, 0.3) is 0 Å². The largest absolute Gasteiger partial charge is 0.327 e. The van der Waals surface area contributed by atoms with E-state index in [-0.39, 0.29) is 11.5 Å². The van der Waals surface area contributed by atoms with Crippen molar-refractivity contribution >= 4 is 11.3 Å². The Morgan fingerprint density at radius 3 is 2.27 bits per heavy atom. The van der Waals surface area contributed by atoms with Gasteiger partial charge in [0, 0.05) is 15.8 Å². The van der Waals surface area contributed by atoms with E-state index in [9.17, 15) is 0 Å². The molecule has 0 aliphatic rings. The summed E-state index contributed by atoms with van der Waals surface area (Å²) >= 11 is 1.91. The van der Waals surface area contributed by atoms with Crippen LogP contribution in [0.1, 0.15) is 44.4 Å². The summed E-state index contributed by atoms with van der Waals surface area (Å²) in [6.45, 7) is 11.1. The molecule has 0 spiro atoms. The lowest BCUT2D eigenvalue weighted by Crippen LogP contribution is -2.28. The van der Waals surface area contributed by atoms with Crippen LogP contribution in [0, 0.1) is 5.92 Å². The summed E-state index contributed by atoms with van der Waals surface area (Å²) in [6, 6.07) is 4.76. The molecule has 0 amide bonds. The van der Waals surface area contributed by atoms with Gasteiger partial charge in [-0.25, -0.2) is 0 Å². The van der Waals surface area contributed by atoms with Gasteiger partial charge < -0.3 is 5.73 Å². The van der Waals surface area contributed by atoms with Gasteiger partial charge in [-0.05, 0) is 29.9 Å². The molecule has 0 bridgehead atoms. The van der Waals surface area contributed by atoms with Crippen molar-refractivity contribution in [3.63, 3.8) is 0 Å². The minimum atomic E-state index is 0.269. The molecule has 1 unspecified atom stereocenters. The fourth-order valence-corrected chi connectivity index (χ4v) is 2.50. The van der Waals surface area contributed by atoms with Crippen molar-refractivity contribution in [3.8, 4) is 0 Å². The predicted molar refractivity (Wildman–Crippen MR) is 69.5 cm³/mol. The first kappa shape index (κ1) is 12.7. The Bertz CT molecular complexity index is 307. The Labute approximate surface area is 97.7 Å². The average Bonchev–Trinajstić information content (AvgIpc) is 2.51. The van der Waals surface area contributed by atoms with Crippen molar-refractivity contribution in [1.82, 2.24) is 0 Å². The maximum Gasteiger partial charge on any atom is 0.0110 e. The maximum absolute atomic E-state index is 6.07. The third kappa shape index (κ3) is 3.62. The standard InChI is InChI=1S/C13H23NS/c1-9(2)11(14)8-10-6-7-12(15-10)13(3,4)5/h6-7,9,11H,8,14H2,1-5H3. The van der Waals surface area contributed by atoms with E-state index in [1.165, 1.54) is 9.75 Å². The Hall–Kier alpha value is -0.340. The van der Waals surface area contributed by atoms with E-state index in [0.29, 0.717) is 5.92 Å². The van der Waals surface area contributed by atoms with E-state index >= 15 is 0 Å². The second kappa shape index (κ2) is 4.67. The molecule has 0 fully saturated rings. The van der Waals surface area contributed by atoms with Gasteiger partial charge >= 0.3 is 0 Å². The molecule has 0 aromatic carbocycles. The summed E-state index contributed by atoms with van der Waals surface area (Å²) in [6.07, 6.45) is 1.01. The van der Waals surface area contributed by atoms with Crippen LogP contribution in [0.4, 0.5) is 0 Å². The van der Waals surface area contributed by atoms with Crippen molar-refractivity contribution < 1.29 is 0 Å². The second-order valence-corrected chi connectivity index (χ2v) is 6.80. The topological polar surface area (TPSA) is 26.0 Å². The zero-order valence-corrected chi connectivity index (χ0v) is 11.3. The van der Waals surface area contributed by atoms with Gasteiger partial charge in [-0.2, -0.15) is 0 Å². The highest BCUT2D eigenvalue weighted by atomic mass is 32.1. The summed E-state index contributed by atoms with van der Waals surface area (Å²) in [7, 11) is 0. The van der Waals surface area contributed by atoms with Crippen LogP contribution in [0.5, 0.6) is 0 Å². The molecule has 86 valence electrons. The molecular weight excluding hydrogens is 202 g/mol. The summed E-state index contributed by atoms with van der Waals surface area (Å²) < 4.78 is 0. The highest BCUT2D eigenvalue weighted by Crippen LogP contribution is 2.30. The Morgan fingerprint density at radius 2 is 1.87 bits per heavy atom. The van der Waals surface area contributed by atoms with Gasteiger partial charge in [0.1, 0.15) is 0 Å². The molecule has 1 rings (SSSR count). The molecule has 0 radical (unpaired) electrons. The van der Waals surface area contributed by atoms with E-state index in [2.05, 4.69) is 46.8 Å². The molecule has 2 heteroatoms. The molecular formula is C13H23NS. The van der Waals surface area contributed by atoms with Crippen molar-refractivity contribution in [3.05, 3.63) is 21.9 Å². The maximum atomic E-state index is 6.07. The van der Waals surface area contributed by atoms with Crippen molar-refractivity contribution in [2.75, 3.05) is 0 Å². The van der Waals surface area contributed by atoms with Gasteiger partial charge in [0.2, 0.25) is 0 Å². The number of rotatable bonds is 3.